The minimum atomic E-state index is -4.54. The van der Waals surface area contributed by atoms with Crippen LogP contribution in [0.2, 0.25) is 5.02 Å². The molecule has 3 aromatic heterocycles. The summed E-state index contributed by atoms with van der Waals surface area (Å²) in [6.07, 6.45) is -3.65. The lowest BCUT2D eigenvalue weighted by molar-refractivity contribution is -0.137. The van der Waals surface area contributed by atoms with Crippen molar-refractivity contribution in [3.63, 3.8) is 0 Å². The molecule has 0 aliphatic carbocycles. The molecule has 4 unspecified atom stereocenters. The predicted molar refractivity (Wildman–Crippen MR) is 141 cm³/mol. The third kappa shape index (κ3) is 5.59. The van der Waals surface area contributed by atoms with Crippen molar-refractivity contribution >= 4 is 39.6 Å². The van der Waals surface area contributed by atoms with Crippen molar-refractivity contribution in [1.82, 2.24) is 34.4 Å². The maximum Gasteiger partial charge on any atom is 0.417 e. The second kappa shape index (κ2) is 11.1. The number of hydrogen-bond acceptors (Lipinski definition) is 9. The van der Waals surface area contributed by atoms with Crippen LogP contribution in [0.15, 0.2) is 24.8 Å². The number of nitrogens with zero attached hydrogens (tertiary/aromatic N) is 6. The Morgan fingerprint density at radius 3 is 2.67 bits per heavy atom. The lowest BCUT2D eigenvalue weighted by atomic mass is 10.1. The molecular formula is C25H30ClF3N8O3. The van der Waals surface area contributed by atoms with E-state index in [2.05, 4.69) is 29.8 Å². The molecule has 1 aliphatic rings. The maximum atomic E-state index is 13.2. The number of aromatic nitrogens is 6. The van der Waals surface area contributed by atoms with Crippen LogP contribution in [0.3, 0.4) is 0 Å². The Balaban J connectivity index is 1.19. The van der Waals surface area contributed by atoms with E-state index in [1.165, 1.54) is 18.7 Å². The molecule has 0 amide bonds. The summed E-state index contributed by atoms with van der Waals surface area (Å²) < 4.78 is 47.1. The highest BCUT2D eigenvalue weighted by Gasteiger charge is 2.45. The first-order chi connectivity index (χ1) is 18.9. The van der Waals surface area contributed by atoms with Crippen LogP contribution in [-0.4, -0.2) is 82.0 Å². The molecule has 5 rings (SSSR count). The quantitative estimate of drug-likeness (QED) is 0.218. The van der Waals surface area contributed by atoms with E-state index in [4.69, 9.17) is 22.1 Å². The van der Waals surface area contributed by atoms with Crippen LogP contribution < -0.4 is 5.73 Å². The van der Waals surface area contributed by atoms with Crippen LogP contribution >= 0.6 is 11.6 Å². The molecule has 4 heterocycles. The van der Waals surface area contributed by atoms with Gasteiger partial charge in [-0.25, -0.2) is 19.9 Å². The number of anilines is 1. The Hall–Kier alpha value is -3.04. The van der Waals surface area contributed by atoms with Crippen LogP contribution in [0.4, 0.5) is 19.0 Å². The second-order valence-corrected chi connectivity index (χ2v) is 10.6. The number of alkyl halides is 3. The molecule has 216 valence electrons. The summed E-state index contributed by atoms with van der Waals surface area (Å²) in [5.74, 6) is 0.788. The van der Waals surface area contributed by atoms with Gasteiger partial charge < -0.3 is 25.7 Å². The zero-order valence-electron chi connectivity index (χ0n) is 21.8. The summed E-state index contributed by atoms with van der Waals surface area (Å²) in [7, 11) is 0. The van der Waals surface area contributed by atoms with E-state index in [0.29, 0.717) is 42.0 Å². The molecule has 1 aromatic carbocycles. The van der Waals surface area contributed by atoms with Gasteiger partial charge in [-0.3, -0.25) is 9.47 Å². The van der Waals surface area contributed by atoms with E-state index >= 15 is 0 Å². The summed E-state index contributed by atoms with van der Waals surface area (Å²) >= 11 is 5.81. The topological polar surface area (TPSA) is 151 Å². The number of fused-ring (bicyclic) bond motifs is 2. The first-order valence-electron chi connectivity index (χ1n) is 12.9. The maximum absolute atomic E-state index is 13.2. The number of hydrogen-bond donors (Lipinski definition) is 4. The minimum Gasteiger partial charge on any atom is -0.387 e. The van der Waals surface area contributed by atoms with E-state index < -0.39 is 36.3 Å². The summed E-state index contributed by atoms with van der Waals surface area (Å²) in [6.45, 7) is 5.10. The molecule has 0 bridgehead atoms. The Morgan fingerprint density at radius 1 is 1.18 bits per heavy atom. The number of nitrogens with one attached hydrogen (secondary N) is 1. The number of aliphatic hydroxyl groups excluding tert-OH is 2. The highest BCUT2D eigenvalue weighted by molar-refractivity contribution is 6.32. The largest absolute Gasteiger partial charge is 0.417 e. The first kappa shape index (κ1) is 28.5. The summed E-state index contributed by atoms with van der Waals surface area (Å²) in [6, 6.07) is 2.34. The van der Waals surface area contributed by atoms with Crippen LogP contribution in [0.1, 0.15) is 44.3 Å². The van der Waals surface area contributed by atoms with Crippen molar-refractivity contribution in [2.75, 3.05) is 18.8 Å². The average Bonchev–Trinajstić information content (AvgIpc) is 3.56. The van der Waals surface area contributed by atoms with Gasteiger partial charge in [0, 0.05) is 19.0 Å². The van der Waals surface area contributed by atoms with Gasteiger partial charge in [0.05, 0.1) is 27.9 Å². The van der Waals surface area contributed by atoms with E-state index in [-0.39, 0.29) is 22.4 Å². The number of nitrogens with two attached hydrogens (primary N) is 1. The number of aryl methyl sites for hydroxylation is 1. The molecule has 4 atom stereocenters. The zero-order chi connectivity index (χ0) is 28.8. The number of unbranched alkanes of at least 4 members (excludes halogenated alkanes) is 1. The van der Waals surface area contributed by atoms with Crippen LogP contribution in [-0.2, 0) is 17.3 Å². The van der Waals surface area contributed by atoms with Crippen LogP contribution in [0.25, 0.3) is 22.2 Å². The summed E-state index contributed by atoms with van der Waals surface area (Å²) in [4.78, 5) is 21.8. The smallest absolute Gasteiger partial charge is 0.387 e. The predicted octanol–water partition coefficient (Wildman–Crippen LogP) is 3.31. The van der Waals surface area contributed by atoms with Crippen LogP contribution in [0.5, 0.6) is 0 Å². The lowest BCUT2D eigenvalue weighted by Gasteiger charge is -2.30. The fraction of sp³-hybridized carbons (Fsp3) is 0.520. The molecule has 1 fully saturated rings. The summed E-state index contributed by atoms with van der Waals surface area (Å²) in [5, 5.41) is 21.2. The second-order valence-electron chi connectivity index (χ2n) is 10.2. The SMILES string of the molecule is CC(C)N(CCCCc1nc2cc(Cl)c(C(F)(F)F)cc2[nH]1)CC1OC(n2cnc3c(N)ncnc32)C(O)C1O. The van der Waals surface area contributed by atoms with Gasteiger partial charge in [0.15, 0.2) is 17.7 Å². The van der Waals surface area contributed by atoms with Gasteiger partial charge in [0.2, 0.25) is 0 Å². The number of imidazole rings is 2. The number of aromatic amines is 1. The molecule has 1 saturated heterocycles. The number of aliphatic hydroxyl groups is 2. The molecule has 4 aromatic rings. The van der Waals surface area contributed by atoms with Crippen molar-refractivity contribution in [2.45, 2.75) is 69.9 Å². The molecule has 0 radical (unpaired) electrons. The van der Waals surface area contributed by atoms with E-state index in [1.807, 2.05) is 13.8 Å². The molecule has 40 heavy (non-hydrogen) atoms. The molecule has 0 spiro atoms. The standard InChI is InChI=1S/C25H30ClF3N8O3/c1-12(2)36(6-4-3-5-18-34-15-7-13(25(27,28)29)14(26)8-16(15)35-18)9-17-20(38)21(39)24(40-17)37-11-33-19-22(30)31-10-32-23(19)37/h7-8,10-12,17,20-21,24,38-39H,3-6,9H2,1-2H3,(H,34,35)(H2,30,31,32). The van der Waals surface area contributed by atoms with Crippen molar-refractivity contribution in [3.05, 3.63) is 41.2 Å². The highest BCUT2D eigenvalue weighted by Crippen LogP contribution is 2.37. The van der Waals surface area contributed by atoms with Gasteiger partial charge in [-0.05, 0) is 45.4 Å². The van der Waals surface area contributed by atoms with E-state index in [0.717, 1.165) is 18.9 Å². The normalized spacial score (nSPS) is 21.9. The van der Waals surface area contributed by atoms with Crippen molar-refractivity contribution in [1.29, 1.82) is 0 Å². The average molecular weight is 583 g/mol. The minimum absolute atomic E-state index is 0.128. The number of halogens is 4. The number of rotatable bonds is 9. The van der Waals surface area contributed by atoms with Gasteiger partial charge >= 0.3 is 6.18 Å². The van der Waals surface area contributed by atoms with Gasteiger partial charge in [-0.15, -0.1) is 0 Å². The first-order valence-corrected chi connectivity index (χ1v) is 13.3. The zero-order valence-corrected chi connectivity index (χ0v) is 22.6. The Morgan fingerprint density at radius 2 is 1.95 bits per heavy atom. The molecule has 1 aliphatic heterocycles. The third-order valence-electron chi connectivity index (χ3n) is 7.18. The Bertz CT molecular complexity index is 1490. The Labute approximate surface area is 232 Å². The highest BCUT2D eigenvalue weighted by atomic mass is 35.5. The van der Waals surface area contributed by atoms with Gasteiger partial charge in [-0.2, -0.15) is 13.2 Å². The molecule has 11 nitrogen and oxygen atoms in total. The molecular weight excluding hydrogens is 553 g/mol. The molecule has 15 heteroatoms. The van der Waals surface area contributed by atoms with Crippen molar-refractivity contribution < 1.29 is 28.1 Å². The summed E-state index contributed by atoms with van der Waals surface area (Å²) in [5.41, 5.74) is 6.42. The monoisotopic (exact) mass is 582 g/mol. The number of nitrogen functional groups attached to an aromatic ring is 1. The fourth-order valence-corrected chi connectivity index (χ4v) is 5.25. The van der Waals surface area contributed by atoms with Gasteiger partial charge in [0.1, 0.15) is 36.0 Å². The third-order valence-corrected chi connectivity index (χ3v) is 7.49. The number of H-pyrrole nitrogens is 1. The Kier molecular flexibility index (Phi) is 7.90. The van der Waals surface area contributed by atoms with Gasteiger partial charge in [0.25, 0.3) is 0 Å². The van der Waals surface area contributed by atoms with Crippen LogP contribution in [0, 0.1) is 0 Å². The van der Waals surface area contributed by atoms with Crippen molar-refractivity contribution in [2.24, 2.45) is 0 Å². The molecule has 5 N–H and O–H groups in total. The number of ether oxygens (including phenoxy) is 1. The fourth-order valence-electron chi connectivity index (χ4n) is 4.98. The van der Waals surface area contributed by atoms with Gasteiger partial charge in [-0.1, -0.05) is 11.6 Å². The van der Waals surface area contributed by atoms with E-state index in [9.17, 15) is 23.4 Å². The number of benzene rings is 1. The van der Waals surface area contributed by atoms with Crippen molar-refractivity contribution in [3.8, 4) is 0 Å². The van der Waals surface area contributed by atoms with E-state index in [1.54, 1.807) is 4.57 Å². The molecule has 0 saturated carbocycles. The lowest BCUT2D eigenvalue weighted by Crippen LogP contribution is -2.43.